The largest absolute Gasteiger partial charge is 0.459 e. The molecular formula is C18H14N2O2. The zero-order valence-electron chi connectivity index (χ0n) is 12.0. The summed E-state index contributed by atoms with van der Waals surface area (Å²) in [5.41, 5.74) is 1.72. The highest BCUT2D eigenvalue weighted by molar-refractivity contribution is 5.94. The Hall–Kier alpha value is -3.06. The lowest BCUT2D eigenvalue weighted by Crippen LogP contribution is -2.26. The Balaban J connectivity index is 1.79. The van der Waals surface area contributed by atoms with Gasteiger partial charge in [0.05, 0.1) is 17.7 Å². The van der Waals surface area contributed by atoms with E-state index in [1.165, 1.54) is 0 Å². The number of hydrogen-bond acceptors (Lipinski definition) is 3. The van der Waals surface area contributed by atoms with Gasteiger partial charge in [0.25, 0.3) is 5.91 Å². The Bertz CT molecular complexity index is 841. The maximum absolute atomic E-state index is 12.2. The van der Waals surface area contributed by atoms with Crippen LogP contribution in [0.5, 0.6) is 0 Å². The Morgan fingerprint density at radius 3 is 2.77 bits per heavy atom. The number of carbonyl (C=O) groups is 1. The minimum absolute atomic E-state index is 0.231. The molecule has 0 bridgehead atoms. The Kier molecular flexibility index (Phi) is 3.63. The lowest BCUT2D eigenvalue weighted by Gasteiger charge is -2.11. The number of benzene rings is 2. The van der Waals surface area contributed by atoms with Crippen molar-refractivity contribution in [2.75, 3.05) is 0 Å². The van der Waals surface area contributed by atoms with E-state index >= 15 is 0 Å². The summed E-state index contributed by atoms with van der Waals surface area (Å²) < 4.78 is 5.74. The minimum Gasteiger partial charge on any atom is -0.459 e. The van der Waals surface area contributed by atoms with Gasteiger partial charge in [0, 0.05) is 10.9 Å². The third-order valence-electron chi connectivity index (χ3n) is 3.47. The molecule has 4 nitrogen and oxygen atoms in total. The second-order valence-electron chi connectivity index (χ2n) is 5.07. The van der Waals surface area contributed by atoms with E-state index in [-0.39, 0.29) is 11.9 Å². The highest BCUT2D eigenvalue weighted by Crippen LogP contribution is 2.23. The second kappa shape index (κ2) is 5.74. The molecule has 1 heterocycles. The molecule has 0 spiro atoms. The summed E-state index contributed by atoms with van der Waals surface area (Å²) in [6, 6.07) is 18.0. The average molecular weight is 290 g/mol. The van der Waals surface area contributed by atoms with Crippen molar-refractivity contribution in [2.45, 2.75) is 13.0 Å². The molecule has 0 radical (unpaired) electrons. The van der Waals surface area contributed by atoms with E-state index in [1.54, 1.807) is 24.3 Å². The number of hydrogen-bond donors (Lipinski definition) is 1. The third-order valence-corrected chi connectivity index (χ3v) is 3.47. The maximum Gasteiger partial charge on any atom is 0.251 e. The van der Waals surface area contributed by atoms with Crippen molar-refractivity contribution >= 4 is 16.9 Å². The van der Waals surface area contributed by atoms with Crippen molar-refractivity contribution in [2.24, 2.45) is 0 Å². The Labute approximate surface area is 128 Å². The van der Waals surface area contributed by atoms with Crippen LogP contribution < -0.4 is 5.32 Å². The quantitative estimate of drug-likeness (QED) is 0.798. The topological polar surface area (TPSA) is 66.0 Å². The predicted octanol–water partition coefficient (Wildman–Crippen LogP) is 3.80. The molecule has 4 heteroatoms. The van der Waals surface area contributed by atoms with Crippen LogP contribution in [0.15, 0.2) is 59.0 Å². The Morgan fingerprint density at radius 1 is 1.18 bits per heavy atom. The Morgan fingerprint density at radius 2 is 2.00 bits per heavy atom. The summed E-state index contributed by atoms with van der Waals surface area (Å²) in [5.74, 6) is 0.469. The van der Waals surface area contributed by atoms with Gasteiger partial charge in [0.1, 0.15) is 11.3 Å². The van der Waals surface area contributed by atoms with Gasteiger partial charge in [-0.15, -0.1) is 0 Å². The smallest absolute Gasteiger partial charge is 0.251 e. The lowest BCUT2D eigenvalue weighted by atomic mass is 10.1. The number of para-hydroxylation sites is 1. The molecule has 22 heavy (non-hydrogen) atoms. The highest BCUT2D eigenvalue weighted by atomic mass is 16.3. The molecule has 1 atom stereocenters. The van der Waals surface area contributed by atoms with Crippen LogP contribution >= 0.6 is 0 Å². The van der Waals surface area contributed by atoms with E-state index < -0.39 is 0 Å². The number of nitriles is 1. The van der Waals surface area contributed by atoms with Gasteiger partial charge in [-0.3, -0.25) is 4.79 Å². The van der Waals surface area contributed by atoms with Gasteiger partial charge in [-0.25, -0.2) is 0 Å². The molecule has 2 aromatic carbocycles. The number of nitrogens with one attached hydrogen (secondary N) is 1. The summed E-state index contributed by atoms with van der Waals surface area (Å²) in [5, 5.41) is 12.8. The molecule has 1 N–H and O–H groups in total. The van der Waals surface area contributed by atoms with E-state index in [9.17, 15) is 4.79 Å². The molecule has 0 aliphatic heterocycles. The van der Waals surface area contributed by atoms with Gasteiger partial charge in [-0.2, -0.15) is 5.26 Å². The van der Waals surface area contributed by atoms with Crippen molar-refractivity contribution < 1.29 is 9.21 Å². The van der Waals surface area contributed by atoms with Gasteiger partial charge >= 0.3 is 0 Å². The number of rotatable bonds is 3. The van der Waals surface area contributed by atoms with Gasteiger partial charge in [-0.05, 0) is 37.3 Å². The first-order chi connectivity index (χ1) is 10.7. The van der Waals surface area contributed by atoms with Crippen LogP contribution in [-0.2, 0) is 0 Å². The van der Waals surface area contributed by atoms with E-state index in [4.69, 9.17) is 9.68 Å². The number of amides is 1. The van der Waals surface area contributed by atoms with Crippen LogP contribution in [0.25, 0.3) is 11.0 Å². The first kappa shape index (κ1) is 13.9. The highest BCUT2D eigenvalue weighted by Gasteiger charge is 2.15. The van der Waals surface area contributed by atoms with Crippen molar-refractivity contribution in [1.29, 1.82) is 5.26 Å². The fourth-order valence-corrected chi connectivity index (χ4v) is 2.30. The van der Waals surface area contributed by atoms with Crippen molar-refractivity contribution in [3.63, 3.8) is 0 Å². The van der Waals surface area contributed by atoms with Crippen molar-refractivity contribution in [1.82, 2.24) is 5.32 Å². The summed E-state index contributed by atoms with van der Waals surface area (Å²) in [6.07, 6.45) is 0. The zero-order valence-corrected chi connectivity index (χ0v) is 12.0. The summed E-state index contributed by atoms with van der Waals surface area (Å²) >= 11 is 0. The zero-order chi connectivity index (χ0) is 15.5. The number of carbonyl (C=O) groups excluding carboxylic acids is 1. The predicted molar refractivity (Wildman–Crippen MR) is 83.3 cm³/mol. The lowest BCUT2D eigenvalue weighted by molar-refractivity contribution is 0.0935. The molecule has 0 saturated carbocycles. The molecule has 108 valence electrons. The minimum atomic E-state index is -0.259. The van der Waals surface area contributed by atoms with Crippen LogP contribution in [0, 0.1) is 11.3 Å². The van der Waals surface area contributed by atoms with Crippen molar-refractivity contribution in [3.8, 4) is 6.07 Å². The fourth-order valence-electron chi connectivity index (χ4n) is 2.30. The number of nitrogens with zero attached hydrogens (tertiary/aromatic N) is 1. The molecule has 0 saturated heterocycles. The number of fused-ring (bicyclic) bond motifs is 1. The molecule has 0 aliphatic carbocycles. The summed E-state index contributed by atoms with van der Waals surface area (Å²) in [7, 11) is 0. The fraction of sp³-hybridized carbons (Fsp3) is 0.111. The molecule has 1 aromatic heterocycles. The van der Waals surface area contributed by atoms with Crippen molar-refractivity contribution in [3.05, 3.63) is 71.5 Å². The molecule has 0 aliphatic rings. The standard InChI is InChI=1S/C18H14N2O2/c1-12(17-10-14-6-2-3-8-16(14)22-17)20-18(21)15-7-4-5-13(9-15)11-19/h2-10,12H,1H3,(H,20,21)/t12-/m0/s1. The van der Waals surface area contributed by atoms with Gasteiger partial charge < -0.3 is 9.73 Å². The van der Waals surface area contributed by atoms with Gasteiger partial charge in [-0.1, -0.05) is 24.3 Å². The van der Waals surface area contributed by atoms with Crippen LogP contribution in [0.1, 0.15) is 34.6 Å². The molecule has 1 amide bonds. The summed E-state index contributed by atoms with van der Waals surface area (Å²) in [6.45, 7) is 1.86. The average Bonchev–Trinajstić information content (AvgIpc) is 2.99. The van der Waals surface area contributed by atoms with E-state index in [0.717, 1.165) is 11.0 Å². The molecule has 0 unspecified atom stereocenters. The van der Waals surface area contributed by atoms with E-state index in [0.29, 0.717) is 16.9 Å². The van der Waals surface area contributed by atoms with Crippen LogP contribution in [-0.4, -0.2) is 5.91 Å². The first-order valence-electron chi connectivity index (χ1n) is 6.97. The normalized spacial score (nSPS) is 11.8. The molecule has 3 rings (SSSR count). The van der Waals surface area contributed by atoms with E-state index in [2.05, 4.69) is 5.32 Å². The van der Waals surface area contributed by atoms with Gasteiger partial charge in [0.2, 0.25) is 0 Å². The second-order valence-corrected chi connectivity index (χ2v) is 5.07. The van der Waals surface area contributed by atoms with E-state index in [1.807, 2.05) is 43.3 Å². The van der Waals surface area contributed by atoms with Crippen LogP contribution in [0.2, 0.25) is 0 Å². The third kappa shape index (κ3) is 2.70. The SMILES string of the molecule is C[C@H](NC(=O)c1cccc(C#N)c1)c1cc2ccccc2o1. The molecule has 3 aromatic rings. The molecular weight excluding hydrogens is 276 g/mol. The summed E-state index contributed by atoms with van der Waals surface area (Å²) in [4.78, 5) is 12.2. The maximum atomic E-state index is 12.2. The first-order valence-corrected chi connectivity index (χ1v) is 6.97. The molecule has 0 fully saturated rings. The van der Waals surface area contributed by atoms with Crippen LogP contribution in [0.4, 0.5) is 0 Å². The monoisotopic (exact) mass is 290 g/mol. The van der Waals surface area contributed by atoms with Gasteiger partial charge in [0.15, 0.2) is 0 Å². The van der Waals surface area contributed by atoms with Crippen LogP contribution in [0.3, 0.4) is 0 Å². The number of furan rings is 1.